The fraction of sp³-hybridized carbons (Fsp3) is 0. The predicted molar refractivity (Wildman–Crippen MR) is 88.6 cm³/mol. The average Bonchev–Trinajstić information content (AvgIpc) is 2.54. The van der Waals surface area contributed by atoms with Crippen LogP contribution in [0.25, 0.3) is 32.7 Å². The number of phenols is 1. The minimum Gasteiger partial charge on any atom is -0.507 e. The first-order valence-corrected chi connectivity index (χ1v) is 7.03. The Morgan fingerprint density at radius 3 is 1.95 bits per heavy atom. The fourth-order valence-corrected chi connectivity index (χ4v) is 2.99. The first-order chi connectivity index (χ1) is 10.3. The maximum absolute atomic E-state index is 10.1. The maximum Gasteiger partial charge on any atom is 0.123 e. The summed E-state index contributed by atoms with van der Waals surface area (Å²) in [5.41, 5.74) is 2.35. The third-order valence-corrected chi connectivity index (χ3v) is 3.98. The molecular formula is C20H14O. The van der Waals surface area contributed by atoms with E-state index >= 15 is 0 Å². The largest absolute Gasteiger partial charge is 0.507 e. The van der Waals surface area contributed by atoms with E-state index < -0.39 is 0 Å². The summed E-state index contributed by atoms with van der Waals surface area (Å²) in [5, 5.41) is 14.5. The molecule has 4 aromatic rings. The van der Waals surface area contributed by atoms with Crippen LogP contribution in [0.1, 0.15) is 0 Å². The molecule has 0 unspecified atom stereocenters. The van der Waals surface area contributed by atoms with Gasteiger partial charge in [-0.2, -0.15) is 0 Å². The molecule has 0 saturated carbocycles. The lowest BCUT2D eigenvalue weighted by Gasteiger charge is -2.11. The first kappa shape index (κ1) is 12.0. The summed E-state index contributed by atoms with van der Waals surface area (Å²) in [6.45, 7) is 0. The van der Waals surface area contributed by atoms with E-state index in [0.717, 1.165) is 16.3 Å². The van der Waals surface area contributed by atoms with Crippen LogP contribution < -0.4 is 0 Å². The quantitative estimate of drug-likeness (QED) is 0.493. The molecule has 0 aromatic heterocycles. The number of fused-ring (bicyclic) bond motifs is 2. The van der Waals surface area contributed by atoms with Crippen molar-refractivity contribution in [1.29, 1.82) is 0 Å². The van der Waals surface area contributed by atoms with Crippen LogP contribution in [0.5, 0.6) is 5.75 Å². The van der Waals surface area contributed by atoms with Crippen LogP contribution in [0.3, 0.4) is 0 Å². The van der Waals surface area contributed by atoms with Gasteiger partial charge in [-0.25, -0.2) is 0 Å². The highest BCUT2D eigenvalue weighted by Gasteiger charge is 2.08. The average molecular weight is 270 g/mol. The number of rotatable bonds is 1. The van der Waals surface area contributed by atoms with Crippen LogP contribution in [0.15, 0.2) is 78.9 Å². The second-order valence-corrected chi connectivity index (χ2v) is 5.20. The van der Waals surface area contributed by atoms with Crippen molar-refractivity contribution in [3.8, 4) is 16.9 Å². The molecule has 1 heteroatoms. The van der Waals surface area contributed by atoms with Crippen molar-refractivity contribution in [1.82, 2.24) is 0 Å². The molecule has 0 atom stereocenters. The van der Waals surface area contributed by atoms with Gasteiger partial charge in [0, 0.05) is 5.39 Å². The molecular weight excluding hydrogens is 256 g/mol. The molecule has 4 aromatic carbocycles. The van der Waals surface area contributed by atoms with Crippen molar-refractivity contribution in [2.75, 3.05) is 0 Å². The Morgan fingerprint density at radius 2 is 1.05 bits per heavy atom. The minimum atomic E-state index is 0.328. The second kappa shape index (κ2) is 4.64. The van der Waals surface area contributed by atoms with Crippen molar-refractivity contribution in [2.45, 2.75) is 0 Å². The molecule has 0 radical (unpaired) electrons. The van der Waals surface area contributed by atoms with Crippen molar-refractivity contribution in [3.05, 3.63) is 78.9 Å². The van der Waals surface area contributed by atoms with E-state index in [4.69, 9.17) is 0 Å². The van der Waals surface area contributed by atoms with Crippen LogP contribution in [0.4, 0.5) is 0 Å². The minimum absolute atomic E-state index is 0.328. The SMILES string of the molecule is Oc1cccc2c(-c3cccc4ccccc34)cccc12. The van der Waals surface area contributed by atoms with Crippen LogP contribution in [0.2, 0.25) is 0 Å². The van der Waals surface area contributed by atoms with Gasteiger partial charge in [0.2, 0.25) is 0 Å². The first-order valence-electron chi connectivity index (χ1n) is 7.03. The monoisotopic (exact) mass is 270 g/mol. The Bertz CT molecular complexity index is 949. The Balaban J connectivity index is 2.12. The van der Waals surface area contributed by atoms with Crippen LogP contribution in [-0.2, 0) is 0 Å². The van der Waals surface area contributed by atoms with Crippen molar-refractivity contribution in [2.24, 2.45) is 0 Å². The summed E-state index contributed by atoms with van der Waals surface area (Å²) in [4.78, 5) is 0. The van der Waals surface area contributed by atoms with Crippen molar-refractivity contribution in [3.63, 3.8) is 0 Å². The van der Waals surface area contributed by atoms with E-state index in [1.807, 2.05) is 18.2 Å². The Morgan fingerprint density at radius 1 is 0.476 bits per heavy atom. The van der Waals surface area contributed by atoms with E-state index in [2.05, 4.69) is 54.6 Å². The highest BCUT2D eigenvalue weighted by Crippen LogP contribution is 2.36. The van der Waals surface area contributed by atoms with Gasteiger partial charge in [-0.05, 0) is 33.4 Å². The predicted octanol–water partition coefficient (Wildman–Crippen LogP) is 5.37. The number of hydrogen-bond donors (Lipinski definition) is 1. The summed E-state index contributed by atoms with van der Waals surface area (Å²) >= 11 is 0. The Kier molecular flexibility index (Phi) is 2.65. The zero-order valence-corrected chi connectivity index (χ0v) is 11.5. The molecule has 1 N–H and O–H groups in total. The molecule has 0 amide bonds. The Hall–Kier alpha value is -2.80. The summed E-state index contributed by atoms with van der Waals surface area (Å²) in [6.07, 6.45) is 0. The van der Waals surface area contributed by atoms with E-state index in [-0.39, 0.29) is 0 Å². The summed E-state index contributed by atoms with van der Waals surface area (Å²) in [6, 6.07) is 26.5. The van der Waals surface area contributed by atoms with Gasteiger partial charge in [0.05, 0.1) is 0 Å². The molecule has 4 rings (SSSR count). The van der Waals surface area contributed by atoms with Gasteiger partial charge in [-0.15, -0.1) is 0 Å². The number of hydrogen-bond acceptors (Lipinski definition) is 1. The molecule has 0 aliphatic carbocycles. The van der Waals surface area contributed by atoms with Gasteiger partial charge in [0.15, 0.2) is 0 Å². The Labute approximate surface area is 123 Å². The summed E-state index contributed by atoms with van der Waals surface area (Å²) in [7, 11) is 0. The number of benzene rings is 4. The van der Waals surface area contributed by atoms with E-state index in [1.165, 1.54) is 16.3 Å². The number of aromatic hydroxyl groups is 1. The summed E-state index contributed by atoms with van der Waals surface area (Å²) in [5.74, 6) is 0.328. The van der Waals surface area contributed by atoms with E-state index in [0.29, 0.717) is 5.75 Å². The van der Waals surface area contributed by atoms with Gasteiger partial charge in [0.25, 0.3) is 0 Å². The molecule has 0 spiro atoms. The third-order valence-electron chi connectivity index (χ3n) is 3.98. The molecule has 0 bridgehead atoms. The van der Waals surface area contributed by atoms with Gasteiger partial charge >= 0.3 is 0 Å². The lowest BCUT2D eigenvalue weighted by molar-refractivity contribution is 0.481. The van der Waals surface area contributed by atoms with Crippen molar-refractivity contribution < 1.29 is 5.11 Å². The topological polar surface area (TPSA) is 20.2 Å². The lowest BCUT2D eigenvalue weighted by Crippen LogP contribution is -1.84. The zero-order valence-electron chi connectivity index (χ0n) is 11.5. The molecule has 0 heterocycles. The lowest BCUT2D eigenvalue weighted by atomic mass is 9.94. The van der Waals surface area contributed by atoms with Gasteiger partial charge < -0.3 is 5.11 Å². The van der Waals surface area contributed by atoms with Gasteiger partial charge in [0.1, 0.15) is 5.75 Å². The number of phenolic OH excluding ortho intramolecular Hbond substituents is 1. The standard InChI is InChI=1S/C20H14O/c21-20-13-5-11-18-17(10-4-12-19(18)20)16-9-3-7-14-6-1-2-8-15(14)16/h1-13,21H. The molecule has 0 aliphatic heterocycles. The fourth-order valence-electron chi connectivity index (χ4n) is 2.99. The van der Waals surface area contributed by atoms with Gasteiger partial charge in [-0.3, -0.25) is 0 Å². The third kappa shape index (κ3) is 1.86. The molecule has 0 aliphatic rings. The smallest absolute Gasteiger partial charge is 0.123 e. The van der Waals surface area contributed by atoms with Crippen LogP contribution >= 0.6 is 0 Å². The van der Waals surface area contributed by atoms with Crippen LogP contribution in [0, 0.1) is 0 Å². The normalized spacial score (nSPS) is 11.0. The molecule has 0 fully saturated rings. The zero-order chi connectivity index (χ0) is 14.2. The van der Waals surface area contributed by atoms with Crippen molar-refractivity contribution >= 4 is 21.5 Å². The maximum atomic E-state index is 10.1. The highest BCUT2D eigenvalue weighted by atomic mass is 16.3. The molecule has 1 nitrogen and oxygen atoms in total. The highest BCUT2D eigenvalue weighted by molar-refractivity contribution is 6.06. The van der Waals surface area contributed by atoms with E-state index in [9.17, 15) is 5.11 Å². The van der Waals surface area contributed by atoms with Gasteiger partial charge in [-0.1, -0.05) is 72.8 Å². The van der Waals surface area contributed by atoms with Crippen LogP contribution in [-0.4, -0.2) is 5.11 Å². The second-order valence-electron chi connectivity index (χ2n) is 5.20. The van der Waals surface area contributed by atoms with E-state index in [1.54, 1.807) is 6.07 Å². The molecule has 21 heavy (non-hydrogen) atoms. The molecule has 100 valence electrons. The summed E-state index contributed by atoms with van der Waals surface area (Å²) < 4.78 is 0. The molecule has 0 saturated heterocycles.